The Labute approximate surface area is 99.7 Å². The highest BCUT2D eigenvalue weighted by Crippen LogP contribution is 2.05. The van der Waals surface area contributed by atoms with Gasteiger partial charge in [0.05, 0.1) is 19.5 Å². The molecule has 0 spiro atoms. The molecule has 0 fully saturated rings. The first-order valence-electron chi connectivity index (χ1n) is 5.34. The SMILES string of the molecule is CC(C)C(CC(=O)O)NC(=O)CNC(=O)CN. The second-order valence-corrected chi connectivity index (χ2v) is 4.00. The molecule has 0 bridgehead atoms. The lowest BCUT2D eigenvalue weighted by Gasteiger charge is -2.20. The Morgan fingerprint density at radius 3 is 2.24 bits per heavy atom. The van der Waals surface area contributed by atoms with Crippen LogP contribution in [0.5, 0.6) is 0 Å². The van der Waals surface area contributed by atoms with Gasteiger partial charge < -0.3 is 21.5 Å². The normalized spacial score (nSPS) is 12.0. The predicted octanol–water partition coefficient (Wildman–Crippen LogP) is -1.32. The Kier molecular flexibility index (Phi) is 6.88. The molecule has 0 aliphatic carbocycles. The van der Waals surface area contributed by atoms with Gasteiger partial charge in [-0.25, -0.2) is 0 Å². The molecule has 0 aliphatic rings. The van der Waals surface area contributed by atoms with E-state index in [1.54, 1.807) is 0 Å². The maximum absolute atomic E-state index is 11.4. The Balaban J connectivity index is 4.12. The number of aliphatic carboxylic acids is 1. The highest BCUT2D eigenvalue weighted by Gasteiger charge is 2.19. The molecule has 7 heteroatoms. The van der Waals surface area contributed by atoms with Crippen LogP contribution < -0.4 is 16.4 Å². The lowest BCUT2D eigenvalue weighted by Crippen LogP contribution is -2.45. The standard InChI is InChI=1S/C10H19N3O4/c1-6(2)7(3-10(16)17)13-9(15)5-12-8(14)4-11/h6-7H,3-5,11H2,1-2H3,(H,12,14)(H,13,15)(H,16,17). The fourth-order valence-corrected chi connectivity index (χ4v) is 1.15. The highest BCUT2D eigenvalue weighted by atomic mass is 16.4. The van der Waals surface area contributed by atoms with E-state index >= 15 is 0 Å². The third-order valence-corrected chi connectivity index (χ3v) is 2.18. The molecule has 0 aromatic rings. The van der Waals surface area contributed by atoms with E-state index in [2.05, 4.69) is 10.6 Å². The average molecular weight is 245 g/mol. The first-order valence-corrected chi connectivity index (χ1v) is 5.34. The van der Waals surface area contributed by atoms with Gasteiger partial charge in [0.2, 0.25) is 11.8 Å². The predicted molar refractivity (Wildman–Crippen MR) is 61.1 cm³/mol. The topological polar surface area (TPSA) is 122 Å². The van der Waals surface area contributed by atoms with Gasteiger partial charge >= 0.3 is 5.97 Å². The molecule has 1 unspecified atom stereocenters. The summed E-state index contributed by atoms with van der Waals surface area (Å²) in [6, 6.07) is -0.449. The fourth-order valence-electron chi connectivity index (χ4n) is 1.15. The van der Waals surface area contributed by atoms with Crippen LogP contribution in [0, 0.1) is 5.92 Å². The van der Waals surface area contributed by atoms with Crippen molar-refractivity contribution in [3.05, 3.63) is 0 Å². The van der Waals surface area contributed by atoms with Gasteiger partial charge in [0.1, 0.15) is 0 Å². The maximum atomic E-state index is 11.4. The van der Waals surface area contributed by atoms with E-state index in [0.717, 1.165) is 0 Å². The largest absolute Gasteiger partial charge is 0.481 e. The van der Waals surface area contributed by atoms with Crippen LogP contribution in [-0.4, -0.2) is 42.0 Å². The molecule has 17 heavy (non-hydrogen) atoms. The number of amides is 2. The number of carbonyl (C=O) groups excluding carboxylic acids is 2. The summed E-state index contributed by atoms with van der Waals surface area (Å²) in [5.74, 6) is -1.83. The monoisotopic (exact) mass is 245 g/mol. The number of carbonyl (C=O) groups is 3. The lowest BCUT2D eigenvalue weighted by atomic mass is 10.0. The number of carboxylic acids is 1. The van der Waals surface area contributed by atoms with E-state index in [4.69, 9.17) is 10.8 Å². The Morgan fingerprint density at radius 2 is 1.82 bits per heavy atom. The zero-order valence-electron chi connectivity index (χ0n) is 10.0. The number of hydrogen-bond donors (Lipinski definition) is 4. The number of rotatable bonds is 7. The minimum Gasteiger partial charge on any atom is -0.481 e. The van der Waals surface area contributed by atoms with Gasteiger partial charge in [0, 0.05) is 6.04 Å². The molecule has 0 aromatic carbocycles. The van der Waals surface area contributed by atoms with Crippen molar-refractivity contribution < 1.29 is 19.5 Å². The summed E-state index contributed by atoms with van der Waals surface area (Å²) in [7, 11) is 0. The Bertz CT molecular complexity index is 291. The molecule has 98 valence electrons. The van der Waals surface area contributed by atoms with E-state index in [1.165, 1.54) is 0 Å². The molecular weight excluding hydrogens is 226 g/mol. The second-order valence-electron chi connectivity index (χ2n) is 4.00. The van der Waals surface area contributed by atoms with Crippen molar-refractivity contribution in [2.75, 3.05) is 13.1 Å². The van der Waals surface area contributed by atoms with Gasteiger partial charge in [-0.1, -0.05) is 13.8 Å². The molecular formula is C10H19N3O4. The maximum Gasteiger partial charge on any atom is 0.305 e. The number of carboxylic acid groups (broad SMARTS) is 1. The molecule has 0 saturated carbocycles. The zero-order valence-corrected chi connectivity index (χ0v) is 10.0. The smallest absolute Gasteiger partial charge is 0.305 e. The van der Waals surface area contributed by atoms with Crippen LogP contribution in [-0.2, 0) is 14.4 Å². The molecule has 0 aliphatic heterocycles. The van der Waals surface area contributed by atoms with Crippen LogP contribution in [0.2, 0.25) is 0 Å². The molecule has 0 saturated heterocycles. The van der Waals surface area contributed by atoms with Crippen molar-refractivity contribution in [1.82, 2.24) is 10.6 Å². The lowest BCUT2D eigenvalue weighted by molar-refractivity contribution is -0.138. The summed E-state index contributed by atoms with van der Waals surface area (Å²) in [5, 5.41) is 13.5. The third kappa shape index (κ3) is 7.29. The summed E-state index contributed by atoms with van der Waals surface area (Å²) in [4.78, 5) is 32.8. The van der Waals surface area contributed by atoms with Crippen LogP contribution in [0.15, 0.2) is 0 Å². The number of nitrogens with one attached hydrogen (secondary N) is 2. The summed E-state index contributed by atoms with van der Waals surface area (Å²) in [6.07, 6.45) is -0.145. The zero-order chi connectivity index (χ0) is 13.4. The number of hydrogen-bond acceptors (Lipinski definition) is 4. The minimum absolute atomic E-state index is 0.000241. The summed E-state index contributed by atoms with van der Waals surface area (Å²) in [5.41, 5.74) is 5.05. The van der Waals surface area contributed by atoms with Crippen LogP contribution in [0.3, 0.4) is 0 Å². The van der Waals surface area contributed by atoms with Gasteiger partial charge in [-0.3, -0.25) is 14.4 Å². The summed E-state index contributed by atoms with van der Waals surface area (Å²) >= 11 is 0. The first-order chi connectivity index (χ1) is 7.86. The summed E-state index contributed by atoms with van der Waals surface area (Å²) in [6.45, 7) is 3.24. The van der Waals surface area contributed by atoms with E-state index in [0.29, 0.717) is 0 Å². The molecule has 0 heterocycles. The quantitative estimate of drug-likeness (QED) is 0.443. The van der Waals surface area contributed by atoms with E-state index in [1.807, 2.05) is 13.8 Å². The third-order valence-electron chi connectivity index (χ3n) is 2.18. The van der Waals surface area contributed by atoms with Gasteiger partial charge in [-0.05, 0) is 5.92 Å². The van der Waals surface area contributed by atoms with Gasteiger partial charge in [0.25, 0.3) is 0 Å². The van der Waals surface area contributed by atoms with Crippen molar-refractivity contribution in [3.8, 4) is 0 Å². The van der Waals surface area contributed by atoms with E-state index < -0.39 is 23.8 Å². The second kappa shape index (κ2) is 7.61. The van der Waals surface area contributed by atoms with Crippen molar-refractivity contribution in [2.45, 2.75) is 26.3 Å². The van der Waals surface area contributed by atoms with Crippen molar-refractivity contribution in [1.29, 1.82) is 0 Å². The number of nitrogens with two attached hydrogens (primary N) is 1. The average Bonchev–Trinajstić information content (AvgIpc) is 2.24. The molecule has 7 nitrogen and oxygen atoms in total. The first kappa shape index (κ1) is 15.4. The molecule has 2 amide bonds. The molecule has 0 aromatic heterocycles. The van der Waals surface area contributed by atoms with Crippen molar-refractivity contribution in [2.24, 2.45) is 11.7 Å². The van der Waals surface area contributed by atoms with Crippen LogP contribution in [0.25, 0.3) is 0 Å². The minimum atomic E-state index is -0.977. The molecule has 0 radical (unpaired) electrons. The van der Waals surface area contributed by atoms with Gasteiger partial charge in [-0.2, -0.15) is 0 Å². The Hall–Kier alpha value is -1.63. The van der Waals surface area contributed by atoms with E-state index in [9.17, 15) is 14.4 Å². The summed E-state index contributed by atoms with van der Waals surface area (Å²) < 4.78 is 0. The van der Waals surface area contributed by atoms with Gasteiger partial charge in [0.15, 0.2) is 0 Å². The fraction of sp³-hybridized carbons (Fsp3) is 0.700. The van der Waals surface area contributed by atoms with Crippen molar-refractivity contribution in [3.63, 3.8) is 0 Å². The molecule has 1 atom stereocenters. The molecule has 5 N–H and O–H groups in total. The van der Waals surface area contributed by atoms with Crippen molar-refractivity contribution >= 4 is 17.8 Å². The van der Waals surface area contributed by atoms with Crippen LogP contribution in [0.4, 0.5) is 0 Å². The van der Waals surface area contributed by atoms with Crippen LogP contribution in [0.1, 0.15) is 20.3 Å². The molecule has 0 rings (SSSR count). The highest BCUT2D eigenvalue weighted by molar-refractivity contribution is 5.85. The Morgan fingerprint density at radius 1 is 1.24 bits per heavy atom. The van der Waals surface area contributed by atoms with Gasteiger partial charge in [-0.15, -0.1) is 0 Å². The van der Waals surface area contributed by atoms with E-state index in [-0.39, 0.29) is 25.4 Å². The van der Waals surface area contributed by atoms with Crippen LogP contribution >= 0.6 is 0 Å².